The molecule has 0 aromatic rings. The third kappa shape index (κ3) is 1.50. The first-order valence-corrected chi connectivity index (χ1v) is 6.24. The second-order valence-corrected chi connectivity index (χ2v) is 6.05. The van der Waals surface area contributed by atoms with E-state index in [1.165, 1.54) is 32.4 Å². The van der Waals surface area contributed by atoms with Gasteiger partial charge < -0.3 is 4.90 Å². The molecule has 3 rings (SSSR count). The maximum absolute atomic E-state index is 2.49. The van der Waals surface area contributed by atoms with Crippen LogP contribution in [0.2, 0.25) is 0 Å². The van der Waals surface area contributed by atoms with E-state index >= 15 is 0 Å². The zero-order chi connectivity index (χ0) is 10.3. The van der Waals surface area contributed by atoms with E-state index in [4.69, 9.17) is 0 Å². The van der Waals surface area contributed by atoms with Crippen molar-refractivity contribution in [1.82, 2.24) is 4.90 Å². The van der Waals surface area contributed by atoms with Gasteiger partial charge in [-0.1, -0.05) is 20.8 Å². The van der Waals surface area contributed by atoms with E-state index in [-0.39, 0.29) is 0 Å². The Balaban J connectivity index is 1.94. The third-order valence-corrected chi connectivity index (χ3v) is 5.09. The molecule has 0 spiro atoms. The van der Waals surface area contributed by atoms with Crippen LogP contribution in [-0.4, -0.2) is 25.0 Å². The van der Waals surface area contributed by atoms with E-state index in [0.29, 0.717) is 5.41 Å². The van der Waals surface area contributed by atoms with Crippen molar-refractivity contribution >= 4 is 0 Å². The summed E-state index contributed by atoms with van der Waals surface area (Å²) in [5.74, 6) is 3.06. The fourth-order valence-electron chi connectivity index (χ4n) is 3.71. The molecule has 0 radical (unpaired) electrons. The second kappa shape index (κ2) is 3.52. The van der Waals surface area contributed by atoms with Crippen molar-refractivity contribution in [1.29, 1.82) is 0 Å². The quantitative estimate of drug-likeness (QED) is 0.669. The number of rotatable bonds is 3. The van der Waals surface area contributed by atoms with Gasteiger partial charge >= 0.3 is 0 Å². The molecule has 0 amide bonds. The van der Waals surface area contributed by atoms with E-state index in [9.17, 15) is 0 Å². The molecular weight excluding hydrogens is 170 g/mol. The molecule has 1 unspecified atom stereocenters. The van der Waals surface area contributed by atoms with E-state index in [1.807, 2.05) is 0 Å². The van der Waals surface area contributed by atoms with Gasteiger partial charge in [-0.2, -0.15) is 0 Å². The van der Waals surface area contributed by atoms with Crippen LogP contribution in [0.4, 0.5) is 0 Å². The molecule has 0 N–H and O–H groups in total. The summed E-state index contributed by atoms with van der Waals surface area (Å²) in [5, 5.41) is 0. The number of hydrogen-bond acceptors (Lipinski definition) is 1. The van der Waals surface area contributed by atoms with E-state index in [0.717, 1.165) is 17.8 Å². The largest absolute Gasteiger partial charge is 0.306 e. The average Bonchev–Trinajstić information content (AvgIpc) is 2.17. The molecule has 82 valence electrons. The maximum atomic E-state index is 2.49. The lowest BCUT2D eigenvalue weighted by Crippen LogP contribution is -2.54. The molecule has 0 aromatic carbocycles. The predicted molar refractivity (Wildman–Crippen MR) is 61.3 cm³/mol. The van der Waals surface area contributed by atoms with Gasteiger partial charge in [0, 0.05) is 6.54 Å². The fourth-order valence-corrected chi connectivity index (χ4v) is 3.71. The summed E-state index contributed by atoms with van der Waals surface area (Å²) in [5.41, 5.74) is 0.664. The van der Waals surface area contributed by atoms with Crippen molar-refractivity contribution < 1.29 is 0 Å². The lowest BCUT2D eigenvalue weighted by molar-refractivity contribution is -0.110. The van der Waals surface area contributed by atoms with Gasteiger partial charge in [0.05, 0.1) is 0 Å². The highest BCUT2D eigenvalue weighted by Crippen LogP contribution is 2.61. The number of nitrogens with zero attached hydrogens (tertiary/aromatic N) is 1. The molecule has 3 atom stereocenters. The molecule has 2 bridgehead atoms. The molecule has 3 aliphatic carbocycles. The Morgan fingerprint density at radius 3 is 2.50 bits per heavy atom. The van der Waals surface area contributed by atoms with Crippen molar-refractivity contribution in [3.63, 3.8) is 0 Å². The summed E-state index contributed by atoms with van der Waals surface area (Å²) in [7, 11) is 2.26. The van der Waals surface area contributed by atoms with E-state index in [2.05, 4.69) is 32.7 Å². The molecule has 3 aliphatic rings. The van der Waals surface area contributed by atoms with Crippen molar-refractivity contribution in [2.24, 2.45) is 23.2 Å². The first-order chi connectivity index (χ1) is 6.55. The van der Waals surface area contributed by atoms with Crippen LogP contribution < -0.4 is 0 Å². The minimum atomic E-state index is 0.664. The van der Waals surface area contributed by atoms with E-state index < -0.39 is 0 Å². The van der Waals surface area contributed by atoms with Crippen LogP contribution in [0, 0.1) is 23.2 Å². The smallest absolute Gasteiger partial charge is 0.000935 e. The van der Waals surface area contributed by atoms with Gasteiger partial charge in [-0.05, 0) is 56.0 Å². The van der Waals surface area contributed by atoms with Crippen LogP contribution in [-0.2, 0) is 0 Å². The zero-order valence-electron chi connectivity index (χ0n) is 10.2. The topological polar surface area (TPSA) is 3.24 Å². The highest BCUT2D eigenvalue weighted by atomic mass is 15.1. The molecule has 1 heteroatoms. The summed E-state index contributed by atoms with van der Waals surface area (Å²) in [6, 6.07) is 0. The standard InChI is InChI=1S/C13H25N/c1-5-14(4)9-10-6-7-11-8-12(10)13(11,2)3/h10-12H,5-9H2,1-4H3/t10-,11?,12-/m0/s1. The molecule has 3 saturated carbocycles. The van der Waals surface area contributed by atoms with Crippen LogP contribution in [0.5, 0.6) is 0 Å². The molecule has 3 fully saturated rings. The van der Waals surface area contributed by atoms with E-state index in [1.54, 1.807) is 0 Å². The molecule has 14 heavy (non-hydrogen) atoms. The number of hydrogen-bond donors (Lipinski definition) is 0. The zero-order valence-corrected chi connectivity index (χ0v) is 10.2. The van der Waals surface area contributed by atoms with Gasteiger partial charge in [0.1, 0.15) is 0 Å². The first-order valence-electron chi connectivity index (χ1n) is 6.24. The van der Waals surface area contributed by atoms with Gasteiger partial charge in [0.25, 0.3) is 0 Å². The van der Waals surface area contributed by atoms with Crippen LogP contribution in [0.3, 0.4) is 0 Å². The van der Waals surface area contributed by atoms with Crippen molar-refractivity contribution in [2.75, 3.05) is 20.1 Å². The lowest BCUT2D eigenvalue weighted by atomic mass is 9.45. The van der Waals surface area contributed by atoms with Gasteiger partial charge in [-0.25, -0.2) is 0 Å². The summed E-state index contributed by atoms with van der Waals surface area (Å²) >= 11 is 0. The van der Waals surface area contributed by atoms with Gasteiger partial charge in [0.2, 0.25) is 0 Å². The monoisotopic (exact) mass is 195 g/mol. The highest BCUT2D eigenvalue weighted by molar-refractivity contribution is 5.03. The summed E-state index contributed by atoms with van der Waals surface area (Å²) in [4.78, 5) is 2.49. The Hall–Kier alpha value is -0.0400. The molecule has 0 saturated heterocycles. The Kier molecular flexibility index (Phi) is 2.63. The second-order valence-electron chi connectivity index (χ2n) is 6.05. The molecule has 1 nitrogen and oxygen atoms in total. The fraction of sp³-hybridized carbons (Fsp3) is 1.00. The van der Waals surface area contributed by atoms with Gasteiger partial charge in [-0.3, -0.25) is 0 Å². The molecule has 0 aromatic heterocycles. The Morgan fingerprint density at radius 1 is 1.29 bits per heavy atom. The van der Waals surface area contributed by atoms with Crippen molar-refractivity contribution in [2.45, 2.75) is 40.0 Å². The Bertz CT molecular complexity index is 207. The molecule has 0 aliphatic heterocycles. The first kappa shape index (κ1) is 10.5. The Morgan fingerprint density at radius 2 is 2.00 bits per heavy atom. The minimum absolute atomic E-state index is 0.664. The van der Waals surface area contributed by atoms with Gasteiger partial charge in [-0.15, -0.1) is 0 Å². The van der Waals surface area contributed by atoms with Crippen LogP contribution in [0.15, 0.2) is 0 Å². The van der Waals surface area contributed by atoms with Crippen molar-refractivity contribution in [3.05, 3.63) is 0 Å². The average molecular weight is 195 g/mol. The molecular formula is C13H25N. The molecule has 0 heterocycles. The number of fused-ring (bicyclic) bond motifs is 2. The summed E-state index contributed by atoms with van der Waals surface area (Å²) < 4.78 is 0. The van der Waals surface area contributed by atoms with Crippen LogP contribution in [0.25, 0.3) is 0 Å². The SMILES string of the molecule is CCN(C)C[C@@H]1CCC2C[C@@H]1C2(C)C. The highest BCUT2D eigenvalue weighted by Gasteiger charge is 2.53. The summed E-state index contributed by atoms with van der Waals surface area (Å²) in [6.45, 7) is 9.77. The van der Waals surface area contributed by atoms with Gasteiger partial charge in [0.15, 0.2) is 0 Å². The normalized spacial score (nSPS) is 39.6. The third-order valence-electron chi connectivity index (χ3n) is 5.09. The lowest BCUT2D eigenvalue weighted by Gasteiger charge is -2.60. The summed E-state index contributed by atoms with van der Waals surface area (Å²) in [6.07, 6.45) is 4.50. The minimum Gasteiger partial charge on any atom is -0.306 e. The Labute approximate surface area is 88.9 Å². The predicted octanol–water partition coefficient (Wildman–Crippen LogP) is 3.01. The maximum Gasteiger partial charge on any atom is 0.000935 e. The van der Waals surface area contributed by atoms with Crippen LogP contribution >= 0.6 is 0 Å². The van der Waals surface area contributed by atoms with Crippen molar-refractivity contribution in [3.8, 4) is 0 Å². The van der Waals surface area contributed by atoms with Crippen LogP contribution in [0.1, 0.15) is 40.0 Å².